The molecule has 6 nitrogen and oxygen atoms in total. The van der Waals surface area contributed by atoms with Crippen LogP contribution in [-0.4, -0.2) is 21.4 Å². The average Bonchev–Trinajstić information content (AvgIpc) is 3.35. The van der Waals surface area contributed by atoms with Crippen molar-refractivity contribution in [2.75, 3.05) is 4.90 Å². The van der Waals surface area contributed by atoms with Crippen molar-refractivity contribution < 1.29 is 18.0 Å². The lowest BCUT2D eigenvalue weighted by Gasteiger charge is -2.21. The number of urea groups is 1. The van der Waals surface area contributed by atoms with E-state index in [0.29, 0.717) is 28.3 Å². The number of amides is 2. The van der Waals surface area contributed by atoms with Crippen LogP contribution in [0.25, 0.3) is 11.4 Å². The van der Waals surface area contributed by atoms with Crippen molar-refractivity contribution in [3.05, 3.63) is 83.3 Å². The summed E-state index contributed by atoms with van der Waals surface area (Å²) in [7, 11) is 0. The first-order valence-electron chi connectivity index (χ1n) is 10.5. The highest BCUT2D eigenvalue weighted by atomic mass is 19.4. The molecule has 2 aromatic carbocycles. The smallest absolute Gasteiger partial charge is 0.227 e. The Labute approximate surface area is 195 Å². The monoisotopic (exact) mass is 465 g/mol. The van der Waals surface area contributed by atoms with E-state index in [2.05, 4.69) is 11.2 Å². The molecule has 0 atom stereocenters. The number of benzene rings is 2. The Kier molecular flexibility index (Phi) is 5.58. The third kappa shape index (κ3) is 3.97. The summed E-state index contributed by atoms with van der Waals surface area (Å²) in [6.45, 7) is 7.28. The Morgan fingerprint density at radius 3 is 2.26 bits per heavy atom. The minimum absolute atomic E-state index is 0.131. The molecular weight excluding hydrogens is 443 g/mol. The number of carbonyl (C=O) groups is 1. The van der Waals surface area contributed by atoms with Crippen LogP contribution in [0.4, 0.5) is 23.7 Å². The topological polar surface area (TPSA) is 67.8 Å². The fraction of sp³-hybridized carbons (Fsp3) is 0.240. The number of anilines is 1. The number of nitrogens with zero attached hydrogens (tertiary/aromatic N) is 5. The van der Waals surface area contributed by atoms with Gasteiger partial charge in [-0.15, -0.1) is 0 Å². The van der Waals surface area contributed by atoms with Gasteiger partial charge in [0.15, 0.2) is 5.54 Å². The summed E-state index contributed by atoms with van der Waals surface area (Å²) in [5.74, 6) is 0. The summed E-state index contributed by atoms with van der Waals surface area (Å²) in [4.78, 5) is 16.5. The highest BCUT2D eigenvalue weighted by Crippen LogP contribution is 2.40. The van der Waals surface area contributed by atoms with Gasteiger partial charge in [-0.1, -0.05) is 6.07 Å². The number of rotatable bonds is 3. The van der Waals surface area contributed by atoms with Crippen molar-refractivity contribution in [2.45, 2.75) is 39.4 Å². The van der Waals surface area contributed by atoms with E-state index in [0.717, 1.165) is 12.1 Å². The highest BCUT2D eigenvalue weighted by Gasteiger charge is 2.55. The zero-order valence-corrected chi connectivity index (χ0v) is 19.1. The van der Waals surface area contributed by atoms with Crippen LogP contribution in [0.3, 0.4) is 0 Å². The molecular formula is C25H22F3N5O+. The van der Waals surface area contributed by atoms with Gasteiger partial charge < -0.3 is 0 Å². The minimum Gasteiger partial charge on any atom is -0.227 e. The second-order valence-corrected chi connectivity index (χ2v) is 8.89. The van der Waals surface area contributed by atoms with Crippen molar-refractivity contribution in [3.63, 3.8) is 0 Å². The van der Waals surface area contributed by atoms with E-state index in [9.17, 15) is 18.0 Å². The molecule has 1 aromatic heterocycles. The Balaban J connectivity index is 1.89. The van der Waals surface area contributed by atoms with Crippen LogP contribution in [0.2, 0.25) is 0 Å². The number of nitriles is 1. The Morgan fingerprint density at radius 2 is 1.68 bits per heavy atom. The van der Waals surface area contributed by atoms with Gasteiger partial charge in [0.2, 0.25) is 5.70 Å². The molecule has 3 aromatic rings. The maximum absolute atomic E-state index is 13.6. The zero-order chi connectivity index (χ0) is 24.8. The van der Waals surface area contributed by atoms with E-state index >= 15 is 0 Å². The number of hydrogen-bond acceptors (Lipinski definition) is 3. The van der Waals surface area contributed by atoms with Crippen LogP contribution in [0.15, 0.2) is 66.5 Å². The lowest BCUT2D eigenvalue weighted by Crippen LogP contribution is -2.50. The average molecular weight is 465 g/mol. The molecule has 0 bridgehead atoms. The first-order valence-corrected chi connectivity index (χ1v) is 10.5. The summed E-state index contributed by atoms with van der Waals surface area (Å²) in [6, 6.07) is 14.9. The van der Waals surface area contributed by atoms with E-state index < -0.39 is 23.3 Å². The number of hydrogen-bond donors (Lipinski definition) is 0. The Hall–Kier alpha value is -3.90. The quantitative estimate of drug-likeness (QED) is 0.444. The van der Waals surface area contributed by atoms with E-state index in [1.807, 2.05) is 20.8 Å². The van der Waals surface area contributed by atoms with Crippen LogP contribution in [-0.2, 0) is 6.18 Å². The van der Waals surface area contributed by atoms with Gasteiger partial charge in [0, 0.05) is 0 Å². The third-order valence-electron chi connectivity index (χ3n) is 5.51. The van der Waals surface area contributed by atoms with Gasteiger partial charge in [0.25, 0.3) is 0 Å². The second kappa shape index (κ2) is 8.15. The maximum atomic E-state index is 13.6. The molecule has 9 heteroatoms. The molecule has 0 spiro atoms. The first-order chi connectivity index (χ1) is 15.9. The van der Waals surface area contributed by atoms with Gasteiger partial charge in [-0.3, -0.25) is 0 Å². The molecule has 0 unspecified atom stereocenters. The first kappa shape index (κ1) is 23.3. The van der Waals surface area contributed by atoms with E-state index in [1.54, 1.807) is 53.0 Å². The molecule has 1 radical (unpaired) electrons. The highest BCUT2D eigenvalue weighted by molar-refractivity contribution is 6.09. The van der Waals surface area contributed by atoms with Gasteiger partial charge in [-0.25, -0.2) is 9.58 Å². The van der Waals surface area contributed by atoms with E-state index in [-0.39, 0.29) is 5.69 Å². The number of carbonyl (C=O) groups excluding carboxylic acids is 1. The largest absolute Gasteiger partial charge is 0.482 e. The molecule has 0 N–H and O–H groups in total. The molecule has 1 aliphatic heterocycles. The van der Waals surface area contributed by atoms with Crippen molar-refractivity contribution in [2.24, 2.45) is 0 Å². The standard InChI is InChI=1S/C25H22F3N5O/c1-16-22(21-12-13-30-33(21)19-10-8-17(15-29)9-11-19)32(24(2,3)4)23(34)31(16)20-7-5-6-18(14-20)25(26,27)28/h5-14H,1-4H3/q+1. The molecule has 34 heavy (non-hydrogen) atoms. The molecule has 0 saturated carbocycles. The van der Waals surface area contributed by atoms with Crippen LogP contribution in [0.1, 0.15) is 44.5 Å². The molecule has 0 fully saturated rings. The lowest BCUT2D eigenvalue weighted by molar-refractivity contribution is -0.137. The molecule has 0 aliphatic carbocycles. The maximum Gasteiger partial charge on any atom is 0.482 e. The molecule has 1 aliphatic rings. The number of allylic oxidation sites excluding steroid dienone is 1. The summed E-state index contributed by atoms with van der Waals surface area (Å²) in [6.07, 6.45) is -2.94. The second-order valence-electron chi connectivity index (χ2n) is 8.89. The Morgan fingerprint density at radius 1 is 1.00 bits per heavy atom. The van der Waals surface area contributed by atoms with Crippen LogP contribution < -0.4 is 9.80 Å². The normalized spacial score (nSPS) is 15.2. The van der Waals surface area contributed by atoms with Crippen molar-refractivity contribution in [1.29, 1.82) is 5.26 Å². The van der Waals surface area contributed by atoms with E-state index in [1.165, 1.54) is 17.0 Å². The molecule has 2 heterocycles. The van der Waals surface area contributed by atoms with Gasteiger partial charge >= 0.3 is 12.2 Å². The number of halogens is 3. The predicted octanol–water partition coefficient (Wildman–Crippen LogP) is 6.03. The lowest BCUT2D eigenvalue weighted by atomic mass is 10.0. The van der Waals surface area contributed by atoms with Crippen LogP contribution in [0, 0.1) is 11.3 Å². The van der Waals surface area contributed by atoms with E-state index in [4.69, 9.17) is 5.26 Å². The summed E-state index contributed by atoms with van der Waals surface area (Å²) in [5.41, 5.74) is 1.42. The zero-order valence-electron chi connectivity index (χ0n) is 19.1. The third-order valence-corrected chi connectivity index (χ3v) is 5.51. The number of aromatic nitrogens is 2. The Bertz CT molecular complexity index is 1320. The van der Waals surface area contributed by atoms with Crippen LogP contribution in [0.5, 0.6) is 0 Å². The van der Waals surface area contributed by atoms with Crippen molar-refractivity contribution >= 4 is 17.4 Å². The number of alkyl halides is 3. The fourth-order valence-electron chi connectivity index (χ4n) is 4.02. The summed E-state index contributed by atoms with van der Waals surface area (Å²) < 4.78 is 41.7. The predicted molar refractivity (Wildman–Crippen MR) is 122 cm³/mol. The fourth-order valence-corrected chi connectivity index (χ4v) is 4.02. The van der Waals surface area contributed by atoms with Crippen molar-refractivity contribution in [1.82, 2.24) is 14.7 Å². The van der Waals surface area contributed by atoms with Gasteiger partial charge in [0.05, 0.1) is 40.5 Å². The van der Waals surface area contributed by atoms with Gasteiger partial charge in [-0.2, -0.15) is 28.3 Å². The summed E-state index contributed by atoms with van der Waals surface area (Å²) >= 11 is 0. The minimum atomic E-state index is -4.53. The molecule has 173 valence electrons. The molecule has 0 saturated heterocycles. The van der Waals surface area contributed by atoms with Gasteiger partial charge in [-0.05, 0) is 81.1 Å². The van der Waals surface area contributed by atoms with Crippen LogP contribution >= 0.6 is 0 Å². The molecule has 4 rings (SSSR count). The SMILES string of the molecule is CC1=C(c2ccnn2-c2ccc(C#N)cc2)[N+](C(C)(C)C)C(=O)N1c1cccc(C(F)(F)F)c1. The van der Waals surface area contributed by atoms with Crippen molar-refractivity contribution in [3.8, 4) is 11.8 Å². The van der Waals surface area contributed by atoms with Gasteiger partial charge in [0.1, 0.15) is 5.69 Å². The summed E-state index contributed by atoms with van der Waals surface area (Å²) in [5, 5.41) is 13.5. The molecule has 2 amide bonds.